The highest BCUT2D eigenvalue weighted by atomic mass is 19.3. The van der Waals surface area contributed by atoms with Gasteiger partial charge in [-0.25, -0.2) is 9.37 Å². The molecule has 4 rings (SSSR count). The van der Waals surface area contributed by atoms with Crippen LogP contribution in [0.5, 0.6) is 5.75 Å². The molecule has 0 saturated carbocycles. The second-order valence-corrected chi connectivity index (χ2v) is 8.08. The number of carbonyl (C=O) groups excluding carboxylic acids is 1. The highest BCUT2D eigenvalue weighted by Crippen LogP contribution is 2.34. The molecule has 0 unspecified atom stereocenters. The molecule has 0 fully saturated rings. The van der Waals surface area contributed by atoms with Gasteiger partial charge in [-0.1, -0.05) is 0 Å². The van der Waals surface area contributed by atoms with Crippen molar-refractivity contribution in [1.82, 2.24) is 14.5 Å². The summed E-state index contributed by atoms with van der Waals surface area (Å²) < 4.78 is 44.5. The topological polar surface area (TPSA) is 85.4 Å². The number of anilines is 2. The Bertz CT molecular complexity index is 1180. The first kappa shape index (κ1) is 22.4. The number of nitrogens with one attached hydrogen (secondary N) is 1. The molecule has 0 aliphatic carbocycles. The molecule has 172 valence electrons. The highest BCUT2D eigenvalue weighted by molar-refractivity contribution is 5.87. The van der Waals surface area contributed by atoms with Crippen molar-refractivity contribution in [3.8, 4) is 17.0 Å². The summed E-state index contributed by atoms with van der Waals surface area (Å²) in [6.07, 6.45) is 3.30. The first-order valence-corrected chi connectivity index (χ1v) is 10.1. The average molecular weight is 457 g/mol. The summed E-state index contributed by atoms with van der Waals surface area (Å²) in [5, 5.41) is 3.23. The van der Waals surface area contributed by atoms with Gasteiger partial charge in [-0.15, -0.1) is 0 Å². The normalized spacial score (nSPS) is 13.2. The van der Waals surface area contributed by atoms with Crippen LogP contribution in [-0.4, -0.2) is 32.5 Å². The van der Waals surface area contributed by atoms with Crippen molar-refractivity contribution in [2.24, 2.45) is 5.73 Å². The van der Waals surface area contributed by atoms with Crippen LogP contribution in [0.25, 0.3) is 17.5 Å². The van der Waals surface area contributed by atoms with Gasteiger partial charge in [0.25, 0.3) is 0 Å². The van der Waals surface area contributed by atoms with E-state index in [4.69, 9.17) is 5.73 Å². The molecule has 7 nitrogen and oxygen atoms in total. The minimum atomic E-state index is -2.91. The molecule has 1 aliphatic rings. The van der Waals surface area contributed by atoms with Gasteiger partial charge in [-0.2, -0.15) is 8.78 Å². The minimum absolute atomic E-state index is 0.0306. The summed E-state index contributed by atoms with van der Waals surface area (Å²) in [5.41, 5.74) is 6.69. The Morgan fingerprint density at radius 2 is 1.79 bits per heavy atom. The van der Waals surface area contributed by atoms with Gasteiger partial charge in [0.1, 0.15) is 28.9 Å². The minimum Gasteiger partial charge on any atom is -0.435 e. The van der Waals surface area contributed by atoms with Gasteiger partial charge in [0, 0.05) is 23.7 Å². The van der Waals surface area contributed by atoms with Gasteiger partial charge in [-0.3, -0.25) is 9.36 Å². The monoisotopic (exact) mass is 457 g/mol. The Hall–Kier alpha value is -3.79. The lowest BCUT2D eigenvalue weighted by Crippen LogP contribution is -2.49. The van der Waals surface area contributed by atoms with Crippen LogP contribution in [0.4, 0.5) is 24.7 Å². The van der Waals surface area contributed by atoms with Gasteiger partial charge in [0.2, 0.25) is 5.91 Å². The van der Waals surface area contributed by atoms with Gasteiger partial charge in [0.05, 0.1) is 12.1 Å². The second-order valence-electron chi connectivity index (χ2n) is 8.08. The molecule has 1 aliphatic heterocycles. The average Bonchev–Trinajstić information content (AvgIpc) is 3.11. The molecule has 1 aromatic heterocycles. The van der Waals surface area contributed by atoms with Crippen LogP contribution in [0.1, 0.15) is 19.7 Å². The van der Waals surface area contributed by atoms with Crippen molar-refractivity contribution in [3.63, 3.8) is 0 Å². The fourth-order valence-electron chi connectivity index (χ4n) is 3.40. The van der Waals surface area contributed by atoms with Crippen molar-refractivity contribution >= 4 is 23.6 Å². The molecule has 0 saturated heterocycles. The zero-order valence-corrected chi connectivity index (χ0v) is 17.9. The van der Waals surface area contributed by atoms with E-state index >= 15 is 0 Å². The van der Waals surface area contributed by atoms with Crippen molar-refractivity contribution < 1.29 is 22.7 Å². The molecular formula is C23H22F3N5O2. The molecule has 3 aromatic rings. The van der Waals surface area contributed by atoms with E-state index in [1.54, 1.807) is 55.1 Å². The molecule has 10 heteroatoms. The Labute approximate surface area is 188 Å². The first-order valence-electron chi connectivity index (χ1n) is 10.1. The van der Waals surface area contributed by atoms with E-state index < -0.39 is 12.2 Å². The van der Waals surface area contributed by atoms with Crippen molar-refractivity contribution in [2.75, 3.05) is 5.32 Å². The lowest BCUT2D eigenvalue weighted by atomic mass is 10.1. The summed E-state index contributed by atoms with van der Waals surface area (Å²) in [4.78, 5) is 18.8. The first-order chi connectivity index (χ1) is 15.6. The van der Waals surface area contributed by atoms with E-state index in [1.165, 1.54) is 29.2 Å². The Balaban J connectivity index is 1.71. The number of nitrogens with zero attached hydrogens (tertiary/aromatic N) is 3. The molecule has 33 heavy (non-hydrogen) atoms. The third kappa shape index (κ3) is 4.85. The maximum absolute atomic E-state index is 13.5. The summed E-state index contributed by atoms with van der Waals surface area (Å²) in [6.45, 7) is 0.531. The predicted octanol–water partition coefficient (Wildman–Crippen LogP) is 4.54. The number of benzene rings is 2. The zero-order chi connectivity index (χ0) is 23.8. The van der Waals surface area contributed by atoms with Gasteiger partial charge < -0.3 is 20.7 Å². The molecular weight excluding hydrogens is 435 g/mol. The van der Waals surface area contributed by atoms with E-state index in [1.807, 2.05) is 0 Å². The second kappa shape index (κ2) is 8.62. The van der Waals surface area contributed by atoms with E-state index in [0.717, 1.165) is 0 Å². The van der Waals surface area contributed by atoms with Gasteiger partial charge in [-0.05, 0) is 62.4 Å². The van der Waals surface area contributed by atoms with Crippen LogP contribution in [-0.2, 0) is 11.3 Å². The molecule has 0 bridgehead atoms. The van der Waals surface area contributed by atoms with Gasteiger partial charge >= 0.3 is 6.61 Å². The summed E-state index contributed by atoms with van der Waals surface area (Å²) in [5.74, 6) is 0.515. The summed E-state index contributed by atoms with van der Waals surface area (Å²) in [7, 11) is 0. The zero-order valence-electron chi connectivity index (χ0n) is 17.9. The number of halogens is 3. The number of alkyl halides is 2. The van der Waals surface area contributed by atoms with Crippen LogP contribution >= 0.6 is 0 Å². The van der Waals surface area contributed by atoms with Crippen LogP contribution in [0.15, 0.2) is 54.7 Å². The number of imidazole rings is 1. The van der Waals surface area contributed by atoms with E-state index in [2.05, 4.69) is 15.0 Å². The largest absolute Gasteiger partial charge is 0.435 e. The number of amides is 1. The van der Waals surface area contributed by atoms with Crippen LogP contribution in [0.2, 0.25) is 0 Å². The van der Waals surface area contributed by atoms with E-state index in [0.29, 0.717) is 28.6 Å². The fourth-order valence-corrected chi connectivity index (χ4v) is 3.40. The third-order valence-corrected chi connectivity index (χ3v) is 4.96. The standard InChI is InChI=1S/C23H22F3N5O2/c1-23(2,27)21(32)30-11-12-31-18(13-30)29-19(14-3-5-15(24)6-4-14)20(31)28-16-7-9-17(10-8-16)33-22(25)26/h3-12,22,28H,13,27H2,1-2H3. The number of fused-ring (bicyclic) bond motifs is 1. The summed E-state index contributed by atoms with van der Waals surface area (Å²) in [6, 6.07) is 11.9. The van der Waals surface area contributed by atoms with Crippen LogP contribution in [0, 0.1) is 5.82 Å². The summed E-state index contributed by atoms with van der Waals surface area (Å²) >= 11 is 0. The SMILES string of the molecule is CC(C)(N)C(=O)N1C=Cn2c(nc(-c3ccc(F)cc3)c2Nc2ccc(OC(F)F)cc2)C1. The number of ether oxygens (including phenoxy) is 1. The molecule has 0 spiro atoms. The van der Waals surface area contributed by atoms with Gasteiger partial charge in [0.15, 0.2) is 0 Å². The Morgan fingerprint density at radius 1 is 1.12 bits per heavy atom. The molecule has 3 N–H and O–H groups in total. The third-order valence-electron chi connectivity index (χ3n) is 4.96. The predicted molar refractivity (Wildman–Crippen MR) is 118 cm³/mol. The van der Waals surface area contributed by atoms with Crippen LogP contribution < -0.4 is 15.8 Å². The van der Waals surface area contributed by atoms with Crippen LogP contribution in [0.3, 0.4) is 0 Å². The van der Waals surface area contributed by atoms with E-state index in [9.17, 15) is 18.0 Å². The van der Waals surface area contributed by atoms with Crippen molar-refractivity contribution in [1.29, 1.82) is 0 Å². The molecule has 2 aromatic carbocycles. The number of hydrogen-bond acceptors (Lipinski definition) is 5. The lowest BCUT2D eigenvalue weighted by molar-refractivity contribution is -0.133. The number of hydrogen-bond donors (Lipinski definition) is 2. The fraction of sp³-hybridized carbons (Fsp3) is 0.217. The lowest BCUT2D eigenvalue weighted by Gasteiger charge is -2.28. The molecule has 1 amide bonds. The number of rotatable bonds is 6. The molecule has 0 atom stereocenters. The maximum atomic E-state index is 13.5. The Kier molecular flexibility index (Phi) is 5.86. The van der Waals surface area contributed by atoms with Crippen molar-refractivity contribution in [3.05, 3.63) is 66.4 Å². The number of nitrogens with two attached hydrogens (primary N) is 1. The van der Waals surface area contributed by atoms with Crippen molar-refractivity contribution in [2.45, 2.75) is 32.5 Å². The maximum Gasteiger partial charge on any atom is 0.387 e. The van der Waals surface area contributed by atoms with E-state index in [-0.39, 0.29) is 24.0 Å². The number of aromatic nitrogens is 2. The molecule has 2 heterocycles. The number of carbonyl (C=O) groups is 1. The highest BCUT2D eigenvalue weighted by Gasteiger charge is 2.30. The smallest absolute Gasteiger partial charge is 0.387 e. The molecule has 0 radical (unpaired) electrons. The Morgan fingerprint density at radius 3 is 2.39 bits per heavy atom. The quantitative estimate of drug-likeness (QED) is 0.568.